The van der Waals surface area contributed by atoms with E-state index in [4.69, 9.17) is 0 Å². The van der Waals surface area contributed by atoms with Crippen molar-refractivity contribution in [1.82, 2.24) is 0 Å². The zero-order valence-corrected chi connectivity index (χ0v) is 11.8. The minimum Gasteiger partial charge on any atom is -0.384 e. The molecular weight excluding hydrogens is 296 g/mol. The lowest BCUT2D eigenvalue weighted by Crippen LogP contribution is -1.99. The summed E-state index contributed by atoms with van der Waals surface area (Å²) >= 11 is 5.07. The molecule has 1 N–H and O–H groups in total. The van der Waals surface area contributed by atoms with Crippen molar-refractivity contribution in [2.24, 2.45) is 0 Å². The maximum absolute atomic E-state index is 10.3. The van der Waals surface area contributed by atoms with Crippen molar-refractivity contribution in [1.29, 1.82) is 0 Å². The minimum absolute atomic E-state index is 0.560. The Morgan fingerprint density at radius 3 is 2.41 bits per heavy atom. The van der Waals surface area contributed by atoms with Crippen molar-refractivity contribution in [3.05, 3.63) is 64.1 Å². The van der Waals surface area contributed by atoms with Crippen LogP contribution in [0, 0.1) is 0 Å². The van der Waals surface area contributed by atoms with Gasteiger partial charge >= 0.3 is 0 Å². The van der Waals surface area contributed by atoms with Crippen LogP contribution in [0.15, 0.2) is 57.9 Å². The van der Waals surface area contributed by atoms with Gasteiger partial charge in [0.25, 0.3) is 0 Å². The van der Waals surface area contributed by atoms with E-state index in [1.807, 2.05) is 54.8 Å². The van der Waals surface area contributed by atoms with E-state index in [9.17, 15) is 5.11 Å². The molecule has 0 fully saturated rings. The van der Waals surface area contributed by atoms with Crippen LogP contribution in [0.3, 0.4) is 0 Å². The van der Waals surface area contributed by atoms with Gasteiger partial charge in [0, 0.05) is 9.37 Å². The van der Waals surface area contributed by atoms with Crippen LogP contribution in [0.5, 0.6) is 0 Å². The van der Waals surface area contributed by atoms with E-state index >= 15 is 0 Å². The number of hydrogen-bond donors (Lipinski definition) is 1. The smallest absolute Gasteiger partial charge is 0.104 e. The molecular formula is C14H13BrOS. The third-order valence-corrected chi connectivity index (χ3v) is 3.85. The second-order valence-electron chi connectivity index (χ2n) is 3.73. The molecule has 0 aliphatic carbocycles. The van der Waals surface area contributed by atoms with Crippen LogP contribution in [0.25, 0.3) is 0 Å². The first-order valence-electron chi connectivity index (χ1n) is 5.28. The van der Waals surface area contributed by atoms with Crippen LogP contribution < -0.4 is 0 Å². The predicted octanol–water partition coefficient (Wildman–Crippen LogP) is 4.25. The number of rotatable bonds is 3. The largest absolute Gasteiger partial charge is 0.384 e. The molecule has 0 saturated heterocycles. The quantitative estimate of drug-likeness (QED) is 0.855. The lowest BCUT2D eigenvalue weighted by atomic mass is 10.0. The van der Waals surface area contributed by atoms with E-state index in [1.165, 1.54) is 4.90 Å². The maximum Gasteiger partial charge on any atom is 0.104 e. The van der Waals surface area contributed by atoms with Crippen LogP contribution in [0.1, 0.15) is 17.2 Å². The van der Waals surface area contributed by atoms with Crippen LogP contribution in [-0.2, 0) is 0 Å². The summed E-state index contributed by atoms with van der Waals surface area (Å²) in [6, 6.07) is 15.7. The van der Waals surface area contributed by atoms with E-state index in [0.717, 1.165) is 15.6 Å². The molecule has 0 spiro atoms. The Labute approximate surface area is 114 Å². The molecule has 1 atom stereocenters. The highest BCUT2D eigenvalue weighted by Gasteiger charge is 2.10. The van der Waals surface area contributed by atoms with Gasteiger partial charge in [-0.15, -0.1) is 11.8 Å². The Balaban J connectivity index is 2.29. The second kappa shape index (κ2) is 5.71. The molecule has 2 aromatic rings. The van der Waals surface area contributed by atoms with Crippen molar-refractivity contribution in [2.45, 2.75) is 11.0 Å². The fourth-order valence-corrected chi connectivity index (χ4v) is 2.38. The van der Waals surface area contributed by atoms with Gasteiger partial charge in [0.2, 0.25) is 0 Å². The van der Waals surface area contributed by atoms with Crippen molar-refractivity contribution in [3.63, 3.8) is 0 Å². The number of halogens is 1. The third-order valence-electron chi connectivity index (χ3n) is 2.60. The summed E-state index contributed by atoms with van der Waals surface area (Å²) < 4.78 is 1.02. The normalized spacial score (nSPS) is 12.4. The van der Waals surface area contributed by atoms with Crippen molar-refractivity contribution in [3.8, 4) is 0 Å². The van der Waals surface area contributed by atoms with Gasteiger partial charge in [-0.2, -0.15) is 0 Å². The SMILES string of the molecule is CSc1cccc(C(O)c2ccc(Br)cc2)c1. The van der Waals surface area contributed by atoms with Crippen molar-refractivity contribution < 1.29 is 5.11 Å². The molecule has 3 heteroatoms. The van der Waals surface area contributed by atoms with Gasteiger partial charge in [-0.3, -0.25) is 0 Å². The van der Waals surface area contributed by atoms with Crippen LogP contribution >= 0.6 is 27.7 Å². The van der Waals surface area contributed by atoms with E-state index in [0.29, 0.717) is 0 Å². The standard InChI is InChI=1S/C14H13BrOS/c1-17-13-4-2-3-11(9-13)14(16)10-5-7-12(15)8-6-10/h2-9,14,16H,1H3. The second-order valence-corrected chi connectivity index (χ2v) is 5.53. The summed E-state index contributed by atoms with van der Waals surface area (Å²) in [5, 5.41) is 10.3. The summed E-state index contributed by atoms with van der Waals surface area (Å²) in [6.45, 7) is 0. The van der Waals surface area contributed by atoms with Gasteiger partial charge in [0.15, 0.2) is 0 Å². The zero-order chi connectivity index (χ0) is 12.3. The predicted molar refractivity (Wildman–Crippen MR) is 76.4 cm³/mol. The first-order chi connectivity index (χ1) is 8.20. The van der Waals surface area contributed by atoms with E-state index in [2.05, 4.69) is 15.9 Å². The summed E-state index contributed by atoms with van der Waals surface area (Å²) in [7, 11) is 0. The Bertz CT molecular complexity index is 496. The third kappa shape index (κ3) is 3.12. The summed E-state index contributed by atoms with van der Waals surface area (Å²) in [5.74, 6) is 0. The average molecular weight is 309 g/mol. The van der Waals surface area contributed by atoms with Crippen LogP contribution in [0.4, 0.5) is 0 Å². The monoisotopic (exact) mass is 308 g/mol. The van der Waals surface area contributed by atoms with E-state index < -0.39 is 6.10 Å². The van der Waals surface area contributed by atoms with Gasteiger partial charge in [0.1, 0.15) is 6.10 Å². The molecule has 0 heterocycles. The first-order valence-corrected chi connectivity index (χ1v) is 7.30. The average Bonchev–Trinajstić information content (AvgIpc) is 2.39. The molecule has 1 nitrogen and oxygen atoms in total. The van der Waals surface area contributed by atoms with Gasteiger partial charge in [-0.05, 0) is 41.6 Å². The van der Waals surface area contributed by atoms with Crippen molar-refractivity contribution in [2.75, 3.05) is 6.26 Å². The molecule has 2 rings (SSSR count). The van der Waals surface area contributed by atoms with Crippen LogP contribution in [-0.4, -0.2) is 11.4 Å². The lowest BCUT2D eigenvalue weighted by Gasteiger charge is -2.12. The molecule has 0 radical (unpaired) electrons. The fourth-order valence-electron chi connectivity index (χ4n) is 1.65. The molecule has 0 bridgehead atoms. The summed E-state index contributed by atoms with van der Waals surface area (Å²) in [6.07, 6.45) is 1.47. The highest BCUT2D eigenvalue weighted by molar-refractivity contribution is 9.10. The number of hydrogen-bond acceptors (Lipinski definition) is 2. The van der Waals surface area contributed by atoms with E-state index in [-0.39, 0.29) is 0 Å². The molecule has 0 aliphatic rings. The molecule has 0 amide bonds. The lowest BCUT2D eigenvalue weighted by molar-refractivity contribution is 0.220. The molecule has 88 valence electrons. The zero-order valence-electron chi connectivity index (χ0n) is 9.43. The van der Waals surface area contributed by atoms with Gasteiger partial charge in [-0.25, -0.2) is 0 Å². The molecule has 1 unspecified atom stereocenters. The number of benzene rings is 2. The molecule has 0 aliphatic heterocycles. The highest BCUT2D eigenvalue weighted by atomic mass is 79.9. The summed E-state index contributed by atoms with van der Waals surface area (Å²) in [5.41, 5.74) is 1.84. The Morgan fingerprint density at radius 2 is 1.76 bits per heavy atom. The van der Waals surface area contributed by atoms with E-state index in [1.54, 1.807) is 11.8 Å². The van der Waals surface area contributed by atoms with Crippen LogP contribution in [0.2, 0.25) is 0 Å². The summed E-state index contributed by atoms with van der Waals surface area (Å²) in [4.78, 5) is 1.17. The minimum atomic E-state index is -0.560. The molecule has 2 aromatic carbocycles. The fraction of sp³-hybridized carbons (Fsp3) is 0.143. The Kier molecular flexibility index (Phi) is 4.26. The van der Waals surface area contributed by atoms with Gasteiger partial charge < -0.3 is 5.11 Å². The van der Waals surface area contributed by atoms with Gasteiger partial charge in [-0.1, -0.05) is 40.2 Å². The van der Waals surface area contributed by atoms with Crippen molar-refractivity contribution >= 4 is 27.7 Å². The number of thioether (sulfide) groups is 1. The first kappa shape index (κ1) is 12.7. The number of aliphatic hydroxyl groups is 1. The maximum atomic E-state index is 10.3. The molecule has 17 heavy (non-hydrogen) atoms. The molecule has 0 aromatic heterocycles. The topological polar surface area (TPSA) is 20.2 Å². The van der Waals surface area contributed by atoms with Gasteiger partial charge in [0.05, 0.1) is 0 Å². The Morgan fingerprint density at radius 1 is 1.06 bits per heavy atom. The Hall–Kier alpha value is -0.770. The number of aliphatic hydroxyl groups excluding tert-OH is 1. The molecule has 0 saturated carbocycles. The highest BCUT2D eigenvalue weighted by Crippen LogP contribution is 2.26.